The molecule has 208 valence electrons. The van der Waals surface area contributed by atoms with Crippen LogP contribution in [-0.2, 0) is 0 Å². The molecule has 1 atom stereocenters. The number of rotatable bonds is 5. The number of fused-ring (bicyclic) bond motifs is 4. The first-order valence-corrected chi connectivity index (χ1v) is 13.9. The van der Waals surface area contributed by atoms with Gasteiger partial charge in [0.25, 0.3) is 11.2 Å². The molecule has 0 saturated carbocycles. The minimum absolute atomic E-state index is 0.0207. The van der Waals surface area contributed by atoms with E-state index in [0.717, 1.165) is 55.5 Å². The number of para-hydroxylation sites is 2. The lowest BCUT2D eigenvalue weighted by atomic mass is 9.92. The SMILES string of the molecule is COc1ccc(C2CC(c3ccc4c(=O)n5c6ccccc6nc5c5cccc3c45)=NN2c2ccc([N+](=O)[O-])cc2)cc1. The number of methoxy groups -OCH3 is 1. The molecule has 0 bridgehead atoms. The maximum Gasteiger partial charge on any atom is 0.269 e. The van der Waals surface area contributed by atoms with Crippen molar-refractivity contribution < 1.29 is 9.66 Å². The highest BCUT2D eigenvalue weighted by Crippen LogP contribution is 2.40. The first kappa shape index (κ1) is 24.9. The zero-order valence-electron chi connectivity index (χ0n) is 23.0. The Hall–Kier alpha value is -5.83. The van der Waals surface area contributed by atoms with Crippen LogP contribution in [0.2, 0.25) is 0 Å². The second kappa shape index (κ2) is 9.35. The summed E-state index contributed by atoms with van der Waals surface area (Å²) in [6.07, 6.45) is 0.592. The second-order valence-electron chi connectivity index (χ2n) is 10.6. The summed E-state index contributed by atoms with van der Waals surface area (Å²) in [5.74, 6) is 0.754. The summed E-state index contributed by atoms with van der Waals surface area (Å²) < 4.78 is 7.07. The number of nitro groups is 1. The number of nitro benzene ring substituents is 1. The fourth-order valence-electron chi connectivity index (χ4n) is 6.28. The summed E-state index contributed by atoms with van der Waals surface area (Å²) >= 11 is 0. The van der Waals surface area contributed by atoms with Crippen LogP contribution < -0.4 is 15.3 Å². The fraction of sp³-hybridized carbons (Fsp3) is 0.0882. The van der Waals surface area contributed by atoms with E-state index in [1.165, 1.54) is 12.1 Å². The molecular formula is C34H23N5O4. The molecule has 0 aliphatic carbocycles. The van der Waals surface area contributed by atoms with Crippen molar-refractivity contribution in [1.29, 1.82) is 0 Å². The minimum atomic E-state index is -0.408. The van der Waals surface area contributed by atoms with E-state index in [0.29, 0.717) is 17.5 Å². The Kier molecular flexibility index (Phi) is 5.42. The lowest BCUT2D eigenvalue weighted by molar-refractivity contribution is -0.384. The highest BCUT2D eigenvalue weighted by molar-refractivity contribution is 6.22. The molecule has 0 fully saturated rings. The van der Waals surface area contributed by atoms with E-state index < -0.39 is 4.92 Å². The Balaban J connectivity index is 1.32. The molecule has 7 aromatic rings. The second-order valence-corrected chi connectivity index (χ2v) is 10.6. The molecule has 0 amide bonds. The molecular weight excluding hydrogens is 542 g/mol. The van der Waals surface area contributed by atoms with Crippen molar-refractivity contribution in [3.8, 4) is 5.75 Å². The lowest BCUT2D eigenvalue weighted by Gasteiger charge is -2.24. The standard InChI is InChI=1S/C34H23N5O4/c1-43-23-15-9-20(10-16-23)31-19-29(36-38(31)21-11-13-22(14-12-21)39(41)42)24-17-18-27-32-25(24)5-4-6-26(32)33-35-28-7-2-3-8-30(28)37(33)34(27)40/h2-18,31H,19H2,1H3. The Morgan fingerprint density at radius 1 is 0.860 bits per heavy atom. The molecule has 0 spiro atoms. The van der Waals surface area contributed by atoms with Crippen molar-refractivity contribution in [2.75, 3.05) is 12.1 Å². The molecule has 0 radical (unpaired) electrons. The summed E-state index contributed by atoms with van der Waals surface area (Å²) in [6, 6.07) is 31.7. The van der Waals surface area contributed by atoms with E-state index >= 15 is 0 Å². The number of hydrazone groups is 1. The quantitative estimate of drug-likeness (QED) is 0.167. The Morgan fingerprint density at radius 3 is 2.40 bits per heavy atom. The van der Waals surface area contributed by atoms with Crippen molar-refractivity contribution in [2.45, 2.75) is 12.5 Å². The van der Waals surface area contributed by atoms with Crippen LogP contribution in [-0.4, -0.2) is 27.1 Å². The van der Waals surface area contributed by atoms with Gasteiger partial charge >= 0.3 is 0 Å². The summed E-state index contributed by atoms with van der Waals surface area (Å²) in [5.41, 5.74) is 5.68. The van der Waals surface area contributed by atoms with E-state index in [4.69, 9.17) is 14.8 Å². The molecule has 3 heterocycles. The van der Waals surface area contributed by atoms with Crippen LogP contribution in [0.25, 0.3) is 38.2 Å². The number of benzene rings is 5. The van der Waals surface area contributed by atoms with Gasteiger partial charge < -0.3 is 4.74 Å². The van der Waals surface area contributed by atoms with Gasteiger partial charge in [0.15, 0.2) is 0 Å². The Bertz CT molecular complexity index is 2310. The van der Waals surface area contributed by atoms with Gasteiger partial charge in [-0.2, -0.15) is 5.10 Å². The van der Waals surface area contributed by atoms with Crippen molar-refractivity contribution in [3.05, 3.63) is 135 Å². The summed E-state index contributed by atoms with van der Waals surface area (Å²) in [5, 5.41) is 21.6. The zero-order chi connectivity index (χ0) is 29.2. The smallest absolute Gasteiger partial charge is 0.269 e. The highest BCUT2D eigenvalue weighted by atomic mass is 16.6. The third-order valence-electron chi connectivity index (χ3n) is 8.32. The maximum absolute atomic E-state index is 13.8. The third kappa shape index (κ3) is 3.75. The van der Waals surface area contributed by atoms with E-state index in [9.17, 15) is 14.9 Å². The average Bonchev–Trinajstić information content (AvgIpc) is 3.66. The molecule has 1 aliphatic rings. The van der Waals surface area contributed by atoms with Gasteiger partial charge in [-0.25, -0.2) is 4.98 Å². The van der Waals surface area contributed by atoms with Crippen molar-refractivity contribution in [3.63, 3.8) is 0 Å². The van der Waals surface area contributed by atoms with Gasteiger partial charge in [0.05, 0.1) is 40.5 Å². The number of pyridine rings is 1. The summed E-state index contributed by atoms with van der Waals surface area (Å²) in [7, 11) is 1.63. The highest BCUT2D eigenvalue weighted by Gasteiger charge is 2.31. The molecule has 0 N–H and O–H groups in total. The predicted molar refractivity (Wildman–Crippen MR) is 168 cm³/mol. The molecule has 9 nitrogen and oxygen atoms in total. The van der Waals surface area contributed by atoms with E-state index in [1.807, 2.05) is 83.9 Å². The van der Waals surface area contributed by atoms with E-state index in [1.54, 1.807) is 23.6 Å². The molecule has 1 unspecified atom stereocenters. The largest absolute Gasteiger partial charge is 0.497 e. The van der Waals surface area contributed by atoms with Crippen LogP contribution in [0.4, 0.5) is 11.4 Å². The predicted octanol–water partition coefficient (Wildman–Crippen LogP) is 6.86. The molecule has 5 aromatic carbocycles. The number of non-ortho nitro benzene ring substituents is 1. The average molecular weight is 566 g/mol. The third-order valence-corrected chi connectivity index (χ3v) is 8.32. The number of anilines is 1. The summed E-state index contributed by atoms with van der Waals surface area (Å²) in [6.45, 7) is 0. The van der Waals surface area contributed by atoms with Crippen molar-refractivity contribution >= 4 is 55.3 Å². The number of aromatic nitrogens is 2. The minimum Gasteiger partial charge on any atom is -0.497 e. The number of hydrogen-bond acceptors (Lipinski definition) is 7. The van der Waals surface area contributed by atoms with Gasteiger partial charge in [0, 0.05) is 40.3 Å². The van der Waals surface area contributed by atoms with Crippen LogP contribution >= 0.6 is 0 Å². The van der Waals surface area contributed by atoms with Gasteiger partial charge in [0.1, 0.15) is 11.4 Å². The number of imidazole rings is 1. The topological polar surface area (TPSA) is 102 Å². The molecule has 0 saturated heterocycles. The molecule has 8 rings (SSSR count). The van der Waals surface area contributed by atoms with Gasteiger partial charge in [0.2, 0.25) is 0 Å². The van der Waals surface area contributed by atoms with Crippen LogP contribution in [0.5, 0.6) is 5.75 Å². The Morgan fingerprint density at radius 2 is 1.63 bits per heavy atom. The maximum atomic E-state index is 13.8. The van der Waals surface area contributed by atoms with Crippen LogP contribution in [0, 0.1) is 10.1 Å². The molecule has 1 aliphatic heterocycles. The van der Waals surface area contributed by atoms with Crippen LogP contribution in [0.15, 0.2) is 113 Å². The zero-order valence-corrected chi connectivity index (χ0v) is 23.0. The normalized spacial score (nSPS) is 15.1. The van der Waals surface area contributed by atoms with Gasteiger partial charge in [-0.1, -0.05) is 48.5 Å². The van der Waals surface area contributed by atoms with Crippen molar-refractivity contribution in [2.24, 2.45) is 5.10 Å². The van der Waals surface area contributed by atoms with E-state index in [2.05, 4.69) is 0 Å². The van der Waals surface area contributed by atoms with Crippen molar-refractivity contribution in [1.82, 2.24) is 9.38 Å². The number of ether oxygens (including phenoxy) is 1. The number of nitrogens with zero attached hydrogens (tertiary/aromatic N) is 5. The van der Waals surface area contributed by atoms with Gasteiger partial charge in [-0.15, -0.1) is 0 Å². The monoisotopic (exact) mass is 565 g/mol. The molecule has 43 heavy (non-hydrogen) atoms. The molecule has 9 heteroatoms. The lowest BCUT2D eigenvalue weighted by Crippen LogP contribution is -2.18. The Labute approximate surface area is 244 Å². The first-order valence-electron chi connectivity index (χ1n) is 13.9. The van der Waals surface area contributed by atoms with Gasteiger partial charge in [-0.05, 0) is 53.4 Å². The van der Waals surface area contributed by atoms with Crippen LogP contribution in [0.3, 0.4) is 0 Å². The van der Waals surface area contributed by atoms with Gasteiger partial charge in [-0.3, -0.25) is 24.3 Å². The first-order chi connectivity index (χ1) is 21.0. The van der Waals surface area contributed by atoms with E-state index in [-0.39, 0.29) is 17.3 Å². The fourth-order valence-corrected chi connectivity index (χ4v) is 6.28. The number of hydrogen-bond donors (Lipinski definition) is 0. The molecule has 2 aromatic heterocycles. The summed E-state index contributed by atoms with van der Waals surface area (Å²) in [4.78, 5) is 29.6. The van der Waals surface area contributed by atoms with Crippen LogP contribution in [0.1, 0.15) is 23.6 Å².